The van der Waals surface area contributed by atoms with Gasteiger partial charge >= 0.3 is 0 Å². The SMILES string of the molecule is O=C(CCC(=O)N1CCN(c2ncccn2)CC1)N1CCN(c2ncccn2)CC1. The molecule has 10 nitrogen and oxygen atoms in total. The first-order chi connectivity index (χ1) is 14.7. The van der Waals surface area contributed by atoms with Crippen molar-refractivity contribution >= 4 is 23.7 Å². The van der Waals surface area contributed by atoms with Crippen LogP contribution in [0.2, 0.25) is 0 Å². The Hall–Kier alpha value is -3.30. The third-order valence-electron chi connectivity index (χ3n) is 5.49. The molecule has 2 aromatic rings. The number of carbonyl (C=O) groups excluding carboxylic acids is 2. The van der Waals surface area contributed by atoms with Crippen molar-refractivity contribution in [3.63, 3.8) is 0 Å². The van der Waals surface area contributed by atoms with Gasteiger partial charge in [-0.05, 0) is 12.1 Å². The molecule has 0 N–H and O–H groups in total. The van der Waals surface area contributed by atoms with Crippen LogP contribution in [0.4, 0.5) is 11.9 Å². The summed E-state index contributed by atoms with van der Waals surface area (Å²) in [6.45, 7) is 5.31. The van der Waals surface area contributed by atoms with Crippen LogP contribution in [0, 0.1) is 0 Å². The maximum Gasteiger partial charge on any atom is 0.225 e. The smallest absolute Gasteiger partial charge is 0.225 e. The van der Waals surface area contributed by atoms with Crippen LogP contribution in [0.15, 0.2) is 36.9 Å². The Kier molecular flexibility index (Phi) is 6.31. The molecule has 0 radical (unpaired) electrons. The van der Waals surface area contributed by atoms with Crippen molar-refractivity contribution < 1.29 is 9.59 Å². The first-order valence-corrected chi connectivity index (χ1v) is 10.3. The van der Waals surface area contributed by atoms with Crippen LogP contribution in [-0.4, -0.2) is 93.9 Å². The summed E-state index contributed by atoms with van der Waals surface area (Å²) in [5.74, 6) is 1.46. The molecular weight excluding hydrogens is 384 g/mol. The fraction of sp³-hybridized carbons (Fsp3) is 0.500. The lowest BCUT2D eigenvalue weighted by molar-refractivity contribution is -0.137. The van der Waals surface area contributed by atoms with Crippen molar-refractivity contribution in [2.45, 2.75) is 12.8 Å². The van der Waals surface area contributed by atoms with Crippen molar-refractivity contribution in [3.8, 4) is 0 Å². The van der Waals surface area contributed by atoms with E-state index in [1.165, 1.54) is 0 Å². The number of piperazine rings is 2. The van der Waals surface area contributed by atoms with E-state index in [0.717, 1.165) is 0 Å². The second-order valence-corrected chi connectivity index (χ2v) is 7.33. The maximum atomic E-state index is 12.5. The molecule has 2 saturated heterocycles. The van der Waals surface area contributed by atoms with E-state index in [1.54, 1.807) is 36.9 Å². The monoisotopic (exact) mass is 410 g/mol. The summed E-state index contributed by atoms with van der Waals surface area (Å²) in [6.07, 6.45) is 7.39. The van der Waals surface area contributed by atoms with Crippen molar-refractivity contribution in [1.29, 1.82) is 0 Å². The third kappa shape index (κ3) is 4.81. The van der Waals surface area contributed by atoms with Crippen molar-refractivity contribution in [2.75, 3.05) is 62.2 Å². The fourth-order valence-electron chi connectivity index (χ4n) is 3.75. The molecule has 0 spiro atoms. The summed E-state index contributed by atoms with van der Waals surface area (Å²) in [5, 5.41) is 0. The Morgan fingerprint density at radius 1 is 0.600 bits per heavy atom. The first kappa shape index (κ1) is 20.0. The average Bonchev–Trinajstić information content (AvgIpc) is 2.83. The Bertz CT molecular complexity index is 763. The van der Waals surface area contributed by atoms with Crippen molar-refractivity contribution in [2.24, 2.45) is 0 Å². The summed E-state index contributed by atoms with van der Waals surface area (Å²) < 4.78 is 0. The molecule has 2 aromatic heterocycles. The highest BCUT2D eigenvalue weighted by Gasteiger charge is 2.25. The maximum absolute atomic E-state index is 12.5. The number of aromatic nitrogens is 4. The van der Waals surface area contributed by atoms with Crippen LogP contribution >= 0.6 is 0 Å². The van der Waals surface area contributed by atoms with Gasteiger partial charge in [-0.3, -0.25) is 9.59 Å². The van der Waals surface area contributed by atoms with Crippen LogP contribution in [-0.2, 0) is 9.59 Å². The van der Waals surface area contributed by atoms with Gasteiger partial charge in [0, 0.05) is 90.0 Å². The molecule has 0 unspecified atom stereocenters. The summed E-state index contributed by atoms with van der Waals surface area (Å²) in [4.78, 5) is 49.9. The van der Waals surface area contributed by atoms with Gasteiger partial charge in [0.05, 0.1) is 0 Å². The molecule has 0 saturated carbocycles. The van der Waals surface area contributed by atoms with Gasteiger partial charge < -0.3 is 19.6 Å². The predicted octanol–water partition coefficient (Wildman–Crippen LogP) is 0.0442. The zero-order valence-corrected chi connectivity index (χ0v) is 16.9. The molecule has 0 atom stereocenters. The normalized spacial score (nSPS) is 17.2. The molecule has 2 fully saturated rings. The Morgan fingerprint density at radius 2 is 0.933 bits per heavy atom. The van der Waals surface area contributed by atoms with Crippen LogP contribution in [0.5, 0.6) is 0 Å². The molecule has 30 heavy (non-hydrogen) atoms. The van der Waals surface area contributed by atoms with Gasteiger partial charge in [-0.25, -0.2) is 19.9 Å². The van der Waals surface area contributed by atoms with E-state index in [2.05, 4.69) is 29.7 Å². The number of hydrogen-bond donors (Lipinski definition) is 0. The minimum absolute atomic E-state index is 0.0355. The molecule has 158 valence electrons. The van der Waals surface area contributed by atoms with Gasteiger partial charge in [-0.2, -0.15) is 0 Å². The highest BCUT2D eigenvalue weighted by molar-refractivity contribution is 5.84. The van der Waals surface area contributed by atoms with Gasteiger partial charge in [-0.1, -0.05) is 0 Å². The minimum atomic E-state index is 0.0355. The van der Waals surface area contributed by atoms with Gasteiger partial charge in [0.2, 0.25) is 23.7 Å². The molecular formula is C20H26N8O2. The van der Waals surface area contributed by atoms with Crippen LogP contribution in [0.3, 0.4) is 0 Å². The second kappa shape index (κ2) is 9.47. The topological polar surface area (TPSA) is 98.7 Å². The van der Waals surface area contributed by atoms with E-state index in [9.17, 15) is 9.59 Å². The molecule has 2 amide bonds. The largest absolute Gasteiger partial charge is 0.339 e. The molecule has 0 aliphatic carbocycles. The lowest BCUT2D eigenvalue weighted by Gasteiger charge is -2.35. The highest BCUT2D eigenvalue weighted by atomic mass is 16.2. The number of anilines is 2. The van der Waals surface area contributed by atoms with E-state index in [4.69, 9.17) is 0 Å². The third-order valence-corrected chi connectivity index (χ3v) is 5.49. The van der Waals surface area contributed by atoms with Crippen LogP contribution in [0.25, 0.3) is 0 Å². The molecule has 2 aliphatic heterocycles. The Balaban J connectivity index is 1.18. The number of amides is 2. The van der Waals surface area contributed by atoms with Gasteiger partial charge in [0.15, 0.2) is 0 Å². The zero-order chi connectivity index (χ0) is 20.8. The van der Waals surface area contributed by atoms with Gasteiger partial charge in [0.1, 0.15) is 0 Å². The Morgan fingerprint density at radius 3 is 1.27 bits per heavy atom. The molecule has 2 aliphatic rings. The number of carbonyl (C=O) groups is 2. The van der Waals surface area contributed by atoms with E-state index in [0.29, 0.717) is 64.3 Å². The quantitative estimate of drug-likeness (QED) is 0.682. The molecule has 0 bridgehead atoms. The van der Waals surface area contributed by atoms with Crippen molar-refractivity contribution in [1.82, 2.24) is 29.7 Å². The molecule has 4 heterocycles. The summed E-state index contributed by atoms with van der Waals surface area (Å²) >= 11 is 0. The van der Waals surface area contributed by atoms with E-state index in [-0.39, 0.29) is 24.7 Å². The standard InChI is InChI=1S/C20H26N8O2/c29-17(25-9-13-27(14-10-25)19-21-5-1-6-22-19)3-4-18(30)26-11-15-28(16-12-26)20-23-7-2-8-24-20/h1-2,5-8H,3-4,9-16H2. The zero-order valence-electron chi connectivity index (χ0n) is 16.9. The lowest BCUT2D eigenvalue weighted by atomic mass is 10.2. The highest BCUT2D eigenvalue weighted by Crippen LogP contribution is 2.13. The van der Waals surface area contributed by atoms with E-state index < -0.39 is 0 Å². The summed E-state index contributed by atoms with van der Waals surface area (Å²) in [7, 11) is 0. The summed E-state index contributed by atoms with van der Waals surface area (Å²) in [6, 6.07) is 3.57. The number of nitrogens with zero attached hydrogens (tertiary/aromatic N) is 8. The van der Waals surface area contributed by atoms with Crippen molar-refractivity contribution in [3.05, 3.63) is 36.9 Å². The molecule has 0 aromatic carbocycles. The van der Waals surface area contributed by atoms with Gasteiger partial charge in [-0.15, -0.1) is 0 Å². The van der Waals surface area contributed by atoms with Crippen LogP contribution in [0.1, 0.15) is 12.8 Å². The van der Waals surface area contributed by atoms with E-state index >= 15 is 0 Å². The molecule has 4 rings (SSSR count). The van der Waals surface area contributed by atoms with Gasteiger partial charge in [0.25, 0.3) is 0 Å². The number of rotatable bonds is 5. The first-order valence-electron chi connectivity index (χ1n) is 10.3. The number of hydrogen-bond acceptors (Lipinski definition) is 8. The van der Waals surface area contributed by atoms with E-state index in [1.807, 2.05) is 9.80 Å². The average molecular weight is 410 g/mol. The Labute approximate surface area is 175 Å². The summed E-state index contributed by atoms with van der Waals surface area (Å²) in [5.41, 5.74) is 0. The fourth-order valence-corrected chi connectivity index (χ4v) is 3.75. The predicted molar refractivity (Wildman–Crippen MR) is 111 cm³/mol. The molecule has 10 heteroatoms. The second-order valence-electron chi connectivity index (χ2n) is 7.33. The van der Waals surface area contributed by atoms with Crippen LogP contribution < -0.4 is 9.80 Å². The lowest BCUT2D eigenvalue weighted by Crippen LogP contribution is -2.50. The minimum Gasteiger partial charge on any atom is -0.339 e.